The smallest absolute Gasteiger partial charge is 0.155 e. The molecule has 108 valence electrons. The Hall–Kier alpha value is -2.52. The van der Waals surface area contributed by atoms with E-state index >= 15 is 0 Å². The van der Waals surface area contributed by atoms with Gasteiger partial charge in [-0.3, -0.25) is 0 Å². The molecule has 1 fully saturated rings. The van der Waals surface area contributed by atoms with Crippen molar-refractivity contribution in [2.75, 3.05) is 0 Å². The van der Waals surface area contributed by atoms with Crippen molar-refractivity contribution >= 4 is 5.65 Å². The Bertz CT molecular complexity index is 743. The number of aromatic nitrogens is 2. The number of nitrogens with two attached hydrogens (primary N) is 2. The molecule has 4 N–H and O–H groups in total. The van der Waals surface area contributed by atoms with E-state index in [-0.39, 0.29) is 0 Å². The monoisotopic (exact) mass is 282 g/mol. The zero-order valence-electron chi connectivity index (χ0n) is 12.0. The molecule has 0 bridgehead atoms. The lowest BCUT2D eigenvalue weighted by Crippen LogP contribution is -2.25. The Labute approximate surface area is 123 Å². The Morgan fingerprint density at radius 1 is 1.57 bits per heavy atom. The minimum absolute atomic E-state index is 0.444. The molecule has 1 aliphatic carbocycles. The lowest BCUT2D eigenvalue weighted by molar-refractivity contribution is 0.379. The predicted octanol–water partition coefficient (Wildman–Crippen LogP) is 1.58. The second-order valence-corrected chi connectivity index (χ2v) is 5.58. The van der Waals surface area contributed by atoms with Crippen LogP contribution in [-0.2, 0) is 6.54 Å². The van der Waals surface area contributed by atoms with Crippen molar-refractivity contribution < 1.29 is 0 Å². The Balaban J connectivity index is 1.95. The van der Waals surface area contributed by atoms with Crippen LogP contribution >= 0.6 is 0 Å². The van der Waals surface area contributed by atoms with E-state index < -0.39 is 0 Å². The quantitative estimate of drug-likeness (QED) is 0.655. The Morgan fingerprint density at radius 2 is 2.33 bits per heavy atom. The summed E-state index contributed by atoms with van der Waals surface area (Å²) in [6.07, 6.45) is 8.05. The third-order valence-corrected chi connectivity index (χ3v) is 3.51. The van der Waals surface area contributed by atoms with Crippen molar-refractivity contribution in [1.82, 2.24) is 14.4 Å². The highest BCUT2D eigenvalue weighted by Crippen LogP contribution is 2.40. The van der Waals surface area contributed by atoms with E-state index in [1.165, 1.54) is 23.4 Å². The van der Waals surface area contributed by atoms with E-state index in [1.807, 2.05) is 16.7 Å². The Morgan fingerprint density at radius 3 is 2.95 bits per heavy atom. The number of hydrogen-bond acceptors (Lipinski definition) is 5. The molecule has 0 amide bonds. The summed E-state index contributed by atoms with van der Waals surface area (Å²) in [5.41, 5.74) is 9.54. The second kappa shape index (κ2) is 5.11. The minimum Gasteiger partial charge on any atom is -0.401 e. The molecule has 0 radical (unpaired) electrons. The van der Waals surface area contributed by atoms with Gasteiger partial charge >= 0.3 is 0 Å². The van der Waals surface area contributed by atoms with Crippen LogP contribution in [-0.4, -0.2) is 14.4 Å². The molecule has 0 spiro atoms. The molecule has 2 heterocycles. The van der Waals surface area contributed by atoms with Gasteiger partial charge in [-0.15, -0.1) is 0 Å². The molecule has 1 aliphatic rings. The first-order valence-corrected chi connectivity index (χ1v) is 6.93. The number of rotatable bonds is 4. The van der Waals surface area contributed by atoms with Crippen LogP contribution in [0.2, 0.25) is 0 Å². The molecule has 0 aromatic carbocycles. The molecule has 0 atom stereocenters. The minimum atomic E-state index is 0.444. The standard InChI is InChI=1S/C15H18N6/c1-10(17)6-21(18)9-14-8-20-7-13(11-2-3-11)4-12(5-16)15(20)19-14/h4,6-8,11H,2-3,9,17-18H2,1H3/b10-6-. The number of hydrazine groups is 1. The molecule has 0 saturated heterocycles. The lowest BCUT2D eigenvalue weighted by Gasteiger charge is -2.11. The third-order valence-electron chi connectivity index (χ3n) is 3.51. The van der Waals surface area contributed by atoms with Crippen molar-refractivity contribution in [2.24, 2.45) is 11.6 Å². The van der Waals surface area contributed by atoms with Gasteiger partial charge < -0.3 is 15.1 Å². The SMILES string of the molecule is C/C(N)=C/N(N)Cc1cn2cc(C3CC3)cc(C#N)c2n1. The van der Waals surface area contributed by atoms with Crippen LogP contribution in [0.5, 0.6) is 0 Å². The van der Waals surface area contributed by atoms with Crippen LogP contribution in [0.15, 0.2) is 30.4 Å². The average Bonchev–Trinajstić information content (AvgIpc) is 3.17. The molecule has 3 rings (SSSR count). The fraction of sp³-hybridized carbons (Fsp3) is 0.333. The van der Waals surface area contributed by atoms with Crippen molar-refractivity contribution in [3.8, 4) is 6.07 Å². The molecule has 0 aliphatic heterocycles. The van der Waals surface area contributed by atoms with Gasteiger partial charge in [-0.2, -0.15) is 5.26 Å². The third kappa shape index (κ3) is 2.83. The first kappa shape index (κ1) is 13.5. The molecule has 1 saturated carbocycles. The van der Waals surface area contributed by atoms with Gasteiger partial charge in [0.15, 0.2) is 5.65 Å². The van der Waals surface area contributed by atoms with Gasteiger partial charge in [-0.05, 0) is 37.3 Å². The molecular formula is C15H18N6. The number of nitriles is 1. The summed E-state index contributed by atoms with van der Waals surface area (Å²) >= 11 is 0. The number of pyridine rings is 1. The molecule has 2 aromatic heterocycles. The fourth-order valence-electron chi connectivity index (χ4n) is 2.46. The van der Waals surface area contributed by atoms with E-state index in [0.29, 0.717) is 29.4 Å². The van der Waals surface area contributed by atoms with Gasteiger partial charge in [0.05, 0.1) is 17.8 Å². The molecule has 21 heavy (non-hydrogen) atoms. The predicted molar refractivity (Wildman–Crippen MR) is 79.6 cm³/mol. The summed E-state index contributed by atoms with van der Waals surface area (Å²) in [7, 11) is 0. The van der Waals surface area contributed by atoms with E-state index in [2.05, 4.69) is 17.3 Å². The number of fused-ring (bicyclic) bond motifs is 1. The summed E-state index contributed by atoms with van der Waals surface area (Å²) in [6, 6.07) is 4.18. The topological polar surface area (TPSA) is 96.4 Å². The fourth-order valence-corrected chi connectivity index (χ4v) is 2.46. The van der Waals surface area contributed by atoms with Crippen LogP contribution in [0.25, 0.3) is 5.65 Å². The Kier molecular flexibility index (Phi) is 3.28. The molecule has 6 heteroatoms. The number of nitrogens with zero attached hydrogens (tertiary/aromatic N) is 4. The van der Waals surface area contributed by atoms with Gasteiger partial charge in [0.1, 0.15) is 6.07 Å². The highest BCUT2D eigenvalue weighted by molar-refractivity contribution is 5.57. The van der Waals surface area contributed by atoms with Crippen molar-refractivity contribution in [3.63, 3.8) is 0 Å². The maximum Gasteiger partial charge on any atom is 0.155 e. The van der Waals surface area contributed by atoms with Crippen LogP contribution in [0.3, 0.4) is 0 Å². The summed E-state index contributed by atoms with van der Waals surface area (Å²) < 4.78 is 1.92. The summed E-state index contributed by atoms with van der Waals surface area (Å²) in [5.74, 6) is 6.45. The van der Waals surface area contributed by atoms with Crippen LogP contribution in [0.4, 0.5) is 0 Å². The van der Waals surface area contributed by atoms with Gasteiger partial charge in [0.25, 0.3) is 0 Å². The highest BCUT2D eigenvalue weighted by Gasteiger charge is 2.25. The van der Waals surface area contributed by atoms with Crippen molar-refractivity contribution in [3.05, 3.63) is 47.2 Å². The van der Waals surface area contributed by atoms with E-state index in [1.54, 1.807) is 13.1 Å². The number of imidazole rings is 1. The lowest BCUT2D eigenvalue weighted by atomic mass is 10.1. The van der Waals surface area contributed by atoms with Crippen molar-refractivity contribution in [1.29, 1.82) is 5.26 Å². The van der Waals surface area contributed by atoms with E-state index in [0.717, 1.165) is 5.69 Å². The molecule has 2 aromatic rings. The summed E-state index contributed by atoms with van der Waals surface area (Å²) in [4.78, 5) is 4.50. The van der Waals surface area contributed by atoms with Gasteiger partial charge in [-0.25, -0.2) is 10.8 Å². The van der Waals surface area contributed by atoms with E-state index in [9.17, 15) is 5.26 Å². The normalized spacial score (nSPS) is 15.2. The highest BCUT2D eigenvalue weighted by atomic mass is 15.4. The van der Waals surface area contributed by atoms with Crippen LogP contribution in [0.1, 0.15) is 42.5 Å². The molecular weight excluding hydrogens is 264 g/mol. The second-order valence-electron chi connectivity index (χ2n) is 5.58. The molecule has 0 unspecified atom stereocenters. The van der Waals surface area contributed by atoms with Crippen molar-refractivity contribution in [2.45, 2.75) is 32.2 Å². The first-order chi connectivity index (χ1) is 10.1. The molecule has 6 nitrogen and oxygen atoms in total. The average molecular weight is 282 g/mol. The summed E-state index contributed by atoms with van der Waals surface area (Å²) in [6.45, 7) is 2.22. The van der Waals surface area contributed by atoms with Crippen LogP contribution in [0, 0.1) is 11.3 Å². The van der Waals surface area contributed by atoms with Crippen LogP contribution < -0.4 is 11.6 Å². The maximum atomic E-state index is 9.31. The van der Waals surface area contributed by atoms with Gasteiger partial charge in [0, 0.05) is 24.3 Å². The maximum absolute atomic E-state index is 9.31. The zero-order valence-corrected chi connectivity index (χ0v) is 12.0. The number of allylic oxidation sites excluding steroid dienone is 1. The summed E-state index contributed by atoms with van der Waals surface area (Å²) in [5, 5.41) is 10.8. The largest absolute Gasteiger partial charge is 0.401 e. The van der Waals surface area contributed by atoms with E-state index in [4.69, 9.17) is 11.6 Å². The van der Waals surface area contributed by atoms with Gasteiger partial charge in [-0.1, -0.05) is 0 Å². The zero-order chi connectivity index (χ0) is 15.0. The van der Waals surface area contributed by atoms with Gasteiger partial charge in [0.2, 0.25) is 0 Å². The number of hydrogen-bond donors (Lipinski definition) is 2. The first-order valence-electron chi connectivity index (χ1n) is 6.93.